The molecule has 3 nitrogen and oxygen atoms in total. The zero-order chi connectivity index (χ0) is 9.14. The molecule has 0 spiro atoms. The molecule has 0 aliphatic carbocycles. The number of halogens is 1. The summed E-state index contributed by atoms with van der Waals surface area (Å²) in [5.74, 6) is 0.444. The van der Waals surface area contributed by atoms with Crippen LogP contribution in [-0.2, 0) is 0 Å². The molecule has 0 atom stereocenters. The predicted molar refractivity (Wildman–Crippen MR) is 47.1 cm³/mol. The van der Waals surface area contributed by atoms with Gasteiger partial charge < -0.3 is 10.5 Å². The second-order valence-electron chi connectivity index (χ2n) is 2.19. The van der Waals surface area contributed by atoms with Gasteiger partial charge in [0.25, 0.3) is 0 Å². The molecule has 0 unspecified atom stereocenters. The lowest BCUT2D eigenvalue weighted by atomic mass is 10.2. The van der Waals surface area contributed by atoms with E-state index in [1.807, 2.05) is 6.07 Å². The summed E-state index contributed by atoms with van der Waals surface area (Å²) in [5.41, 5.74) is 6.29. The van der Waals surface area contributed by atoms with E-state index in [1.165, 1.54) is 19.2 Å². The van der Waals surface area contributed by atoms with E-state index in [0.717, 1.165) is 0 Å². The van der Waals surface area contributed by atoms with Crippen molar-refractivity contribution in [3.05, 3.63) is 22.7 Å². The van der Waals surface area contributed by atoms with Crippen molar-refractivity contribution in [2.24, 2.45) is 0 Å². The molecule has 1 aromatic carbocycles. The minimum Gasteiger partial charge on any atom is -0.495 e. The van der Waals surface area contributed by atoms with Crippen LogP contribution in [0.4, 0.5) is 5.69 Å². The fourth-order valence-corrected chi connectivity index (χ4v) is 0.989. The number of nitrogens with two attached hydrogens (primary N) is 1. The maximum absolute atomic E-state index is 8.64. The molecule has 0 bridgehead atoms. The number of anilines is 1. The Hall–Kier alpha value is -1.40. The fraction of sp³-hybridized carbons (Fsp3) is 0.125. The van der Waals surface area contributed by atoms with Crippen LogP contribution in [0, 0.1) is 11.3 Å². The number of hydrogen-bond donors (Lipinski definition) is 1. The van der Waals surface area contributed by atoms with Gasteiger partial charge in [-0.2, -0.15) is 5.26 Å². The second-order valence-corrected chi connectivity index (χ2v) is 2.59. The Labute approximate surface area is 75.3 Å². The molecule has 0 heterocycles. The minimum atomic E-state index is 0.368. The molecule has 62 valence electrons. The number of benzene rings is 1. The quantitative estimate of drug-likeness (QED) is 0.674. The van der Waals surface area contributed by atoms with Crippen LogP contribution in [-0.4, -0.2) is 7.11 Å². The zero-order valence-corrected chi connectivity index (χ0v) is 7.22. The first-order chi connectivity index (χ1) is 5.69. The van der Waals surface area contributed by atoms with Crippen molar-refractivity contribution in [3.63, 3.8) is 0 Å². The highest BCUT2D eigenvalue weighted by atomic mass is 35.5. The standard InChI is InChI=1S/C8H7ClN2O/c1-12-8-3-7(11)6(9)2-5(8)4-10/h2-3H,11H2,1H3. The van der Waals surface area contributed by atoms with Crippen LogP contribution in [0.5, 0.6) is 5.75 Å². The van der Waals surface area contributed by atoms with Crippen LogP contribution < -0.4 is 10.5 Å². The third-order valence-electron chi connectivity index (χ3n) is 1.44. The van der Waals surface area contributed by atoms with Crippen LogP contribution in [0.2, 0.25) is 5.02 Å². The maximum Gasteiger partial charge on any atom is 0.138 e. The molecular formula is C8H7ClN2O. The average molecular weight is 183 g/mol. The first-order valence-electron chi connectivity index (χ1n) is 3.22. The largest absolute Gasteiger partial charge is 0.495 e. The van der Waals surface area contributed by atoms with Gasteiger partial charge >= 0.3 is 0 Å². The van der Waals surface area contributed by atoms with Gasteiger partial charge in [-0.05, 0) is 6.07 Å². The third-order valence-corrected chi connectivity index (χ3v) is 1.77. The van der Waals surface area contributed by atoms with Gasteiger partial charge in [-0.25, -0.2) is 0 Å². The molecule has 0 fully saturated rings. The summed E-state index contributed by atoms with van der Waals surface area (Å²) in [6.45, 7) is 0. The molecular weight excluding hydrogens is 176 g/mol. The fourth-order valence-electron chi connectivity index (χ4n) is 0.825. The number of methoxy groups -OCH3 is 1. The molecule has 2 N–H and O–H groups in total. The van der Waals surface area contributed by atoms with Crippen LogP contribution >= 0.6 is 11.6 Å². The Kier molecular flexibility index (Phi) is 2.41. The highest BCUT2D eigenvalue weighted by Crippen LogP contribution is 2.27. The lowest BCUT2D eigenvalue weighted by molar-refractivity contribution is 0.414. The molecule has 12 heavy (non-hydrogen) atoms. The topological polar surface area (TPSA) is 59.0 Å². The summed E-state index contributed by atoms with van der Waals surface area (Å²) in [4.78, 5) is 0. The van der Waals surface area contributed by atoms with Gasteiger partial charge in [-0.1, -0.05) is 11.6 Å². The Morgan fingerprint density at radius 2 is 2.25 bits per heavy atom. The van der Waals surface area contributed by atoms with E-state index in [-0.39, 0.29) is 0 Å². The number of rotatable bonds is 1. The summed E-state index contributed by atoms with van der Waals surface area (Å²) in [7, 11) is 1.48. The Bertz CT molecular complexity index is 344. The van der Waals surface area contributed by atoms with E-state index < -0.39 is 0 Å². The summed E-state index contributed by atoms with van der Waals surface area (Å²) in [6, 6.07) is 4.96. The average Bonchev–Trinajstić information content (AvgIpc) is 2.09. The van der Waals surface area contributed by atoms with Gasteiger partial charge in [0.1, 0.15) is 11.8 Å². The number of nitrogens with zero attached hydrogens (tertiary/aromatic N) is 1. The van der Waals surface area contributed by atoms with Gasteiger partial charge in [-0.15, -0.1) is 0 Å². The first-order valence-corrected chi connectivity index (χ1v) is 3.60. The molecule has 0 saturated heterocycles. The zero-order valence-electron chi connectivity index (χ0n) is 6.47. The molecule has 0 radical (unpaired) electrons. The lowest BCUT2D eigenvalue weighted by Crippen LogP contribution is -1.92. The second kappa shape index (κ2) is 3.33. The normalized spacial score (nSPS) is 9.08. The molecule has 0 aliphatic rings. The van der Waals surface area contributed by atoms with Crippen LogP contribution in [0.15, 0.2) is 12.1 Å². The van der Waals surface area contributed by atoms with Gasteiger partial charge in [0.15, 0.2) is 0 Å². The summed E-state index contributed by atoms with van der Waals surface area (Å²) in [5, 5.41) is 9.00. The van der Waals surface area contributed by atoms with Crippen LogP contribution in [0.3, 0.4) is 0 Å². The summed E-state index contributed by atoms with van der Waals surface area (Å²) in [6.07, 6.45) is 0. The van der Waals surface area contributed by atoms with E-state index in [1.54, 1.807) is 0 Å². The highest BCUT2D eigenvalue weighted by Gasteiger charge is 2.05. The molecule has 0 aromatic heterocycles. The van der Waals surface area contributed by atoms with Gasteiger partial charge in [0.05, 0.1) is 23.4 Å². The van der Waals surface area contributed by atoms with E-state index in [2.05, 4.69) is 0 Å². The molecule has 0 saturated carbocycles. The first kappa shape index (κ1) is 8.69. The van der Waals surface area contributed by atoms with Gasteiger partial charge in [0.2, 0.25) is 0 Å². The van der Waals surface area contributed by atoms with E-state index in [4.69, 9.17) is 27.3 Å². The van der Waals surface area contributed by atoms with Crippen molar-refractivity contribution in [2.75, 3.05) is 12.8 Å². The third kappa shape index (κ3) is 1.44. The summed E-state index contributed by atoms with van der Waals surface area (Å²) >= 11 is 5.69. The van der Waals surface area contributed by atoms with E-state index in [9.17, 15) is 0 Å². The maximum atomic E-state index is 8.64. The molecule has 4 heteroatoms. The van der Waals surface area contributed by atoms with Crippen LogP contribution in [0.1, 0.15) is 5.56 Å². The van der Waals surface area contributed by atoms with Crippen molar-refractivity contribution in [1.82, 2.24) is 0 Å². The predicted octanol–water partition coefficient (Wildman–Crippen LogP) is 1.80. The number of nitrogen functional groups attached to an aromatic ring is 1. The van der Waals surface area contributed by atoms with Crippen LogP contribution in [0.25, 0.3) is 0 Å². The van der Waals surface area contributed by atoms with Gasteiger partial charge in [0, 0.05) is 6.07 Å². The SMILES string of the molecule is COc1cc(N)c(Cl)cc1C#N. The van der Waals surface area contributed by atoms with Crippen molar-refractivity contribution < 1.29 is 4.74 Å². The molecule has 1 aromatic rings. The van der Waals surface area contributed by atoms with Crippen molar-refractivity contribution in [3.8, 4) is 11.8 Å². The van der Waals surface area contributed by atoms with Crippen molar-refractivity contribution in [1.29, 1.82) is 5.26 Å². The van der Waals surface area contributed by atoms with Crippen molar-refractivity contribution >= 4 is 17.3 Å². The molecule has 0 amide bonds. The Morgan fingerprint density at radius 3 is 2.75 bits per heavy atom. The van der Waals surface area contributed by atoms with E-state index in [0.29, 0.717) is 22.0 Å². The number of hydrogen-bond acceptors (Lipinski definition) is 3. The van der Waals surface area contributed by atoms with Crippen molar-refractivity contribution in [2.45, 2.75) is 0 Å². The monoisotopic (exact) mass is 182 g/mol. The van der Waals surface area contributed by atoms with Gasteiger partial charge in [-0.3, -0.25) is 0 Å². The number of nitriles is 1. The van der Waals surface area contributed by atoms with E-state index >= 15 is 0 Å². The number of ether oxygens (including phenoxy) is 1. The summed E-state index contributed by atoms with van der Waals surface area (Å²) < 4.78 is 4.91. The smallest absolute Gasteiger partial charge is 0.138 e. The highest BCUT2D eigenvalue weighted by molar-refractivity contribution is 6.33. The lowest BCUT2D eigenvalue weighted by Gasteiger charge is -2.04. The molecule has 0 aliphatic heterocycles. The Balaban J connectivity index is 3.31. The Morgan fingerprint density at radius 1 is 1.58 bits per heavy atom. The molecule has 1 rings (SSSR count). The minimum absolute atomic E-state index is 0.368.